The second-order valence-corrected chi connectivity index (χ2v) is 6.20. The Bertz CT molecular complexity index is 883. The highest BCUT2D eigenvalue weighted by molar-refractivity contribution is 6.32. The van der Waals surface area contributed by atoms with E-state index in [1.807, 2.05) is 0 Å². The van der Waals surface area contributed by atoms with Crippen LogP contribution in [0.4, 0.5) is 20.2 Å². The summed E-state index contributed by atoms with van der Waals surface area (Å²) in [5, 5.41) is 26.4. The molecule has 0 aliphatic heterocycles. The van der Waals surface area contributed by atoms with E-state index in [0.717, 1.165) is 35.7 Å². The molecule has 1 amide bonds. The van der Waals surface area contributed by atoms with Crippen molar-refractivity contribution in [2.24, 2.45) is 0 Å². The number of alkyl halides is 2. The Morgan fingerprint density at radius 2 is 2.19 bits per heavy atom. The molecule has 11 heteroatoms. The third-order valence-corrected chi connectivity index (χ3v) is 4.27. The molecule has 8 nitrogen and oxygen atoms in total. The maximum atomic E-state index is 13.0. The summed E-state index contributed by atoms with van der Waals surface area (Å²) in [6.45, 7) is -0.416. The number of anilines is 1. The average Bonchev–Trinajstić information content (AvgIpc) is 3.33. The summed E-state index contributed by atoms with van der Waals surface area (Å²) in [4.78, 5) is 22.3. The lowest BCUT2D eigenvalue weighted by atomic mass is 10.2. The fraction of sp³-hybridized carbons (Fsp3) is 0.333. The molecule has 26 heavy (non-hydrogen) atoms. The van der Waals surface area contributed by atoms with Crippen LogP contribution in [0, 0.1) is 10.1 Å². The zero-order valence-corrected chi connectivity index (χ0v) is 13.9. The molecule has 1 heterocycles. The molecule has 2 N–H and O–H groups in total. The lowest BCUT2D eigenvalue weighted by Crippen LogP contribution is -2.21. The molecule has 3 rings (SSSR count). The third-order valence-electron chi connectivity index (χ3n) is 3.89. The lowest BCUT2D eigenvalue weighted by Gasteiger charge is -2.09. The average molecular weight is 387 g/mol. The van der Waals surface area contributed by atoms with Gasteiger partial charge in [-0.25, -0.2) is 8.78 Å². The van der Waals surface area contributed by atoms with E-state index in [9.17, 15) is 28.8 Å². The summed E-state index contributed by atoms with van der Waals surface area (Å²) in [6, 6.07) is 3.15. The normalized spacial score (nSPS) is 13.8. The topological polar surface area (TPSA) is 110 Å². The summed E-state index contributed by atoms with van der Waals surface area (Å²) in [5.74, 6) is -1.08. The van der Waals surface area contributed by atoms with Gasteiger partial charge in [-0.3, -0.25) is 19.6 Å². The molecular formula is C15H13ClF2N4O4. The molecule has 1 fully saturated rings. The predicted molar refractivity (Wildman–Crippen MR) is 87.6 cm³/mol. The van der Waals surface area contributed by atoms with Crippen LogP contribution in [0.1, 0.15) is 36.6 Å². The molecule has 1 saturated carbocycles. The van der Waals surface area contributed by atoms with Gasteiger partial charge < -0.3 is 10.4 Å². The van der Waals surface area contributed by atoms with Crippen LogP contribution in [0.25, 0.3) is 0 Å². The Balaban J connectivity index is 1.82. The highest BCUT2D eigenvalue weighted by atomic mass is 35.5. The number of nitrogens with zero attached hydrogens (tertiary/aromatic N) is 3. The minimum Gasteiger partial charge on any atom is -0.506 e. The summed E-state index contributed by atoms with van der Waals surface area (Å²) < 4.78 is 27.1. The number of aromatic hydroxyl groups is 1. The number of aromatic nitrogens is 2. The molecule has 1 aromatic heterocycles. The van der Waals surface area contributed by atoms with Gasteiger partial charge in [0.05, 0.1) is 21.3 Å². The van der Waals surface area contributed by atoms with Crippen LogP contribution in [0.2, 0.25) is 5.02 Å². The van der Waals surface area contributed by atoms with E-state index in [1.165, 1.54) is 0 Å². The first-order valence-electron chi connectivity index (χ1n) is 7.59. The smallest absolute Gasteiger partial charge is 0.283 e. The van der Waals surface area contributed by atoms with Crippen LogP contribution in [-0.4, -0.2) is 25.7 Å². The van der Waals surface area contributed by atoms with E-state index in [2.05, 4.69) is 10.4 Å². The van der Waals surface area contributed by atoms with Gasteiger partial charge in [0, 0.05) is 18.1 Å². The number of halogens is 3. The summed E-state index contributed by atoms with van der Waals surface area (Å²) >= 11 is 5.97. The monoisotopic (exact) mass is 386 g/mol. The predicted octanol–water partition coefficient (Wildman–Crippen LogP) is 3.60. The molecule has 0 saturated heterocycles. The number of hydrogen-bond acceptors (Lipinski definition) is 5. The van der Waals surface area contributed by atoms with Gasteiger partial charge in [-0.2, -0.15) is 5.10 Å². The van der Waals surface area contributed by atoms with Gasteiger partial charge in [0.25, 0.3) is 12.1 Å². The first kappa shape index (κ1) is 18.1. The van der Waals surface area contributed by atoms with E-state index in [-0.39, 0.29) is 28.1 Å². The van der Waals surface area contributed by atoms with Crippen LogP contribution in [0.5, 0.6) is 5.75 Å². The molecule has 0 bridgehead atoms. The number of carbonyl (C=O) groups is 1. The van der Waals surface area contributed by atoms with Gasteiger partial charge in [0.15, 0.2) is 0 Å². The first-order valence-corrected chi connectivity index (χ1v) is 7.97. The number of amides is 1. The maximum Gasteiger partial charge on any atom is 0.283 e. The molecule has 0 atom stereocenters. The van der Waals surface area contributed by atoms with Crippen LogP contribution in [0.15, 0.2) is 18.2 Å². The van der Waals surface area contributed by atoms with E-state index in [4.69, 9.17) is 11.6 Å². The number of benzene rings is 1. The van der Waals surface area contributed by atoms with Gasteiger partial charge >= 0.3 is 0 Å². The fourth-order valence-corrected chi connectivity index (χ4v) is 2.91. The fourth-order valence-electron chi connectivity index (χ4n) is 2.54. The highest BCUT2D eigenvalue weighted by Crippen LogP contribution is 2.45. The number of nitrogens with one attached hydrogen (secondary N) is 1. The molecule has 0 spiro atoms. The molecule has 2 aromatic rings. The van der Waals surface area contributed by atoms with E-state index in [0.29, 0.717) is 5.69 Å². The summed E-state index contributed by atoms with van der Waals surface area (Å²) in [6.07, 6.45) is -1.34. The molecule has 1 aliphatic carbocycles. The minimum atomic E-state index is -2.87. The lowest BCUT2D eigenvalue weighted by molar-refractivity contribution is -0.384. The zero-order valence-electron chi connectivity index (χ0n) is 13.2. The Kier molecular flexibility index (Phi) is 4.77. The third kappa shape index (κ3) is 3.59. The maximum absolute atomic E-state index is 13.0. The highest BCUT2D eigenvalue weighted by Gasteiger charge is 2.34. The van der Waals surface area contributed by atoms with Crippen LogP contribution in [-0.2, 0) is 11.3 Å². The largest absolute Gasteiger partial charge is 0.506 e. The molecule has 0 radical (unpaired) electrons. The number of nitro benzene ring substituents is 1. The molecule has 1 aliphatic rings. The van der Waals surface area contributed by atoms with Crippen LogP contribution >= 0.6 is 11.6 Å². The van der Waals surface area contributed by atoms with Crippen molar-refractivity contribution in [1.82, 2.24) is 9.78 Å². The van der Waals surface area contributed by atoms with Gasteiger partial charge in [0.2, 0.25) is 5.91 Å². The Labute approximate surface area is 150 Å². The number of phenolic OH excluding ortho intramolecular Hbond substituents is 1. The standard InChI is InChI=1S/C15H13ClF2N4O4/c16-12-13(15(17)18)20-21(14(12)7-1-2-7)6-11(24)19-9-5-8(22(25)26)3-4-10(9)23/h3-5,7,15,23H,1-2,6H2,(H,19,24). The SMILES string of the molecule is O=C(Cn1nc(C(F)F)c(Cl)c1C1CC1)Nc1cc([N+](=O)[O-])ccc1O. The quantitative estimate of drug-likeness (QED) is 0.447. The summed E-state index contributed by atoms with van der Waals surface area (Å²) in [5.41, 5.74) is -0.691. The minimum absolute atomic E-state index is 0.0264. The number of phenols is 1. The van der Waals surface area contributed by atoms with E-state index in [1.54, 1.807) is 0 Å². The first-order chi connectivity index (χ1) is 12.3. The van der Waals surface area contributed by atoms with Crippen molar-refractivity contribution in [2.75, 3.05) is 5.32 Å². The number of rotatable bonds is 6. The molecular weight excluding hydrogens is 374 g/mol. The van der Waals surface area contributed by atoms with E-state index >= 15 is 0 Å². The van der Waals surface area contributed by atoms with Crippen LogP contribution < -0.4 is 5.32 Å². The van der Waals surface area contributed by atoms with Gasteiger partial charge in [0.1, 0.15) is 18.0 Å². The molecule has 138 valence electrons. The van der Waals surface area contributed by atoms with E-state index < -0.39 is 29.5 Å². The summed E-state index contributed by atoms with van der Waals surface area (Å²) in [7, 11) is 0. The van der Waals surface area contributed by atoms with Crippen LogP contribution in [0.3, 0.4) is 0 Å². The Morgan fingerprint density at radius 1 is 1.50 bits per heavy atom. The van der Waals surface area contributed by atoms with Crippen molar-refractivity contribution in [3.8, 4) is 5.75 Å². The Morgan fingerprint density at radius 3 is 2.77 bits per heavy atom. The zero-order chi connectivity index (χ0) is 19.0. The number of carbonyl (C=O) groups excluding carboxylic acids is 1. The van der Waals surface area contributed by atoms with Crippen molar-refractivity contribution in [2.45, 2.75) is 31.7 Å². The second kappa shape index (κ2) is 6.87. The van der Waals surface area contributed by atoms with Crippen molar-refractivity contribution >= 4 is 28.9 Å². The van der Waals surface area contributed by atoms with Gasteiger partial charge in [-0.1, -0.05) is 11.6 Å². The van der Waals surface area contributed by atoms with Crippen molar-refractivity contribution in [3.63, 3.8) is 0 Å². The van der Waals surface area contributed by atoms with Crippen molar-refractivity contribution < 1.29 is 23.6 Å². The molecule has 0 unspecified atom stereocenters. The van der Waals surface area contributed by atoms with Gasteiger partial charge in [-0.15, -0.1) is 0 Å². The van der Waals surface area contributed by atoms with Crippen molar-refractivity contribution in [1.29, 1.82) is 0 Å². The van der Waals surface area contributed by atoms with Gasteiger partial charge in [-0.05, 0) is 18.9 Å². The Hall–Kier alpha value is -2.75. The second-order valence-electron chi connectivity index (χ2n) is 5.82. The number of hydrogen-bond donors (Lipinski definition) is 2. The number of nitro groups is 1. The number of non-ortho nitro benzene ring substituents is 1. The molecule has 1 aromatic carbocycles. The van der Waals surface area contributed by atoms with Crippen molar-refractivity contribution in [3.05, 3.63) is 44.7 Å².